The Morgan fingerprint density at radius 2 is 1.72 bits per heavy atom. The van der Waals surface area contributed by atoms with Crippen molar-refractivity contribution >= 4 is 10.0 Å². The molecule has 104 valence electrons. The van der Waals surface area contributed by atoms with E-state index in [-0.39, 0.29) is 11.2 Å². The summed E-state index contributed by atoms with van der Waals surface area (Å²) in [5.74, 6) is 0.217. The number of rotatable bonds is 4. The van der Waals surface area contributed by atoms with E-state index in [1.165, 1.54) is 0 Å². The van der Waals surface area contributed by atoms with Crippen LogP contribution in [0.4, 0.5) is 0 Å². The fourth-order valence-electron chi connectivity index (χ4n) is 1.83. The maximum atomic E-state index is 12.1. The molecule has 1 heterocycles. The van der Waals surface area contributed by atoms with Gasteiger partial charge in [-0.2, -0.15) is 9.57 Å². The Balaban J connectivity index is 2.48. The van der Waals surface area contributed by atoms with E-state index in [2.05, 4.69) is 6.07 Å². The Labute approximate surface area is 110 Å². The van der Waals surface area contributed by atoms with Crippen molar-refractivity contribution in [1.82, 2.24) is 9.21 Å². The normalized spacial score (nSPS) is 19.7. The fourth-order valence-corrected chi connectivity index (χ4v) is 3.68. The van der Waals surface area contributed by atoms with Gasteiger partial charge >= 0.3 is 0 Å². The van der Waals surface area contributed by atoms with Crippen LogP contribution >= 0.6 is 0 Å². The lowest BCUT2D eigenvalue weighted by atomic mass is 9.94. The SMILES string of the molecule is CC(C)(C)CCS(=O)(=O)N1CCN(CC#N)CC1. The minimum absolute atomic E-state index is 0.0374. The van der Waals surface area contributed by atoms with Crippen molar-refractivity contribution in [2.24, 2.45) is 5.41 Å². The Kier molecular flexibility index (Phi) is 5.14. The van der Waals surface area contributed by atoms with Crippen molar-refractivity contribution in [3.05, 3.63) is 0 Å². The van der Waals surface area contributed by atoms with Crippen LogP contribution in [0, 0.1) is 16.7 Å². The lowest BCUT2D eigenvalue weighted by Crippen LogP contribution is -2.49. The number of nitrogens with zero attached hydrogens (tertiary/aromatic N) is 3. The van der Waals surface area contributed by atoms with Gasteiger partial charge in [0, 0.05) is 26.2 Å². The number of piperazine rings is 1. The molecule has 0 N–H and O–H groups in total. The Morgan fingerprint density at radius 1 is 1.17 bits per heavy atom. The third-order valence-electron chi connectivity index (χ3n) is 3.13. The highest BCUT2D eigenvalue weighted by atomic mass is 32.2. The van der Waals surface area contributed by atoms with Gasteiger partial charge in [0.25, 0.3) is 0 Å². The maximum Gasteiger partial charge on any atom is 0.214 e. The fraction of sp³-hybridized carbons (Fsp3) is 0.917. The van der Waals surface area contributed by atoms with Crippen LogP contribution in [0.2, 0.25) is 0 Å². The van der Waals surface area contributed by atoms with E-state index in [0.717, 1.165) is 0 Å². The van der Waals surface area contributed by atoms with Gasteiger partial charge in [0.05, 0.1) is 18.4 Å². The first-order valence-corrected chi connectivity index (χ1v) is 7.93. The highest BCUT2D eigenvalue weighted by Crippen LogP contribution is 2.20. The smallest absolute Gasteiger partial charge is 0.214 e. The summed E-state index contributed by atoms with van der Waals surface area (Å²) in [6, 6.07) is 2.09. The summed E-state index contributed by atoms with van der Waals surface area (Å²) >= 11 is 0. The zero-order chi connectivity index (χ0) is 13.8. The summed E-state index contributed by atoms with van der Waals surface area (Å²) in [7, 11) is -3.13. The molecule has 0 spiro atoms. The van der Waals surface area contributed by atoms with Crippen LogP contribution in [0.1, 0.15) is 27.2 Å². The summed E-state index contributed by atoms with van der Waals surface area (Å²) in [6.45, 7) is 8.86. The first kappa shape index (κ1) is 15.4. The lowest BCUT2D eigenvalue weighted by Gasteiger charge is -2.33. The van der Waals surface area contributed by atoms with Gasteiger partial charge in [0.1, 0.15) is 0 Å². The van der Waals surface area contributed by atoms with Gasteiger partial charge in [-0.3, -0.25) is 4.90 Å². The van der Waals surface area contributed by atoms with Crippen molar-refractivity contribution in [3.63, 3.8) is 0 Å². The minimum atomic E-state index is -3.13. The molecule has 1 rings (SSSR count). The molecule has 0 aromatic heterocycles. The van der Waals surface area contributed by atoms with Gasteiger partial charge in [-0.15, -0.1) is 0 Å². The van der Waals surface area contributed by atoms with E-state index in [1.54, 1.807) is 4.31 Å². The molecule has 0 aliphatic carbocycles. The maximum absolute atomic E-state index is 12.1. The monoisotopic (exact) mass is 273 g/mol. The predicted molar refractivity (Wildman–Crippen MR) is 71.5 cm³/mol. The van der Waals surface area contributed by atoms with Crippen LogP contribution in [-0.4, -0.2) is 56.1 Å². The third kappa shape index (κ3) is 4.92. The molecular weight excluding hydrogens is 250 g/mol. The van der Waals surface area contributed by atoms with Crippen LogP contribution < -0.4 is 0 Å². The van der Waals surface area contributed by atoms with Crippen LogP contribution in [0.3, 0.4) is 0 Å². The zero-order valence-corrected chi connectivity index (χ0v) is 12.3. The molecule has 0 bridgehead atoms. The first-order valence-electron chi connectivity index (χ1n) is 6.32. The molecule has 1 aliphatic rings. The second kappa shape index (κ2) is 6.00. The molecule has 0 aromatic carbocycles. The quantitative estimate of drug-likeness (QED) is 0.714. The van der Waals surface area contributed by atoms with Crippen molar-refractivity contribution < 1.29 is 8.42 Å². The molecule has 0 radical (unpaired) electrons. The average molecular weight is 273 g/mol. The minimum Gasteiger partial charge on any atom is -0.288 e. The molecule has 1 saturated heterocycles. The van der Waals surface area contributed by atoms with Crippen LogP contribution in [0.25, 0.3) is 0 Å². The van der Waals surface area contributed by atoms with Gasteiger partial charge < -0.3 is 0 Å². The van der Waals surface area contributed by atoms with E-state index < -0.39 is 10.0 Å². The molecule has 18 heavy (non-hydrogen) atoms. The van der Waals surface area contributed by atoms with Gasteiger partial charge in [0.15, 0.2) is 0 Å². The second-order valence-corrected chi connectivity index (χ2v) is 8.05. The number of nitriles is 1. The van der Waals surface area contributed by atoms with E-state index in [9.17, 15) is 8.42 Å². The van der Waals surface area contributed by atoms with E-state index in [1.807, 2.05) is 25.7 Å². The van der Waals surface area contributed by atoms with E-state index in [4.69, 9.17) is 5.26 Å². The molecule has 0 unspecified atom stereocenters. The molecule has 0 atom stereocenters. The third-order valence-corrected chi connectivity index (χ3v) is 5.00. The van der Waals surface area contributed by atoms with Gasteiger partial charge in [-0.1, -0.05) is 20.8 Å². The lowest BCUT2D eigenvalue weighted by molar-refractivity contribution is 0.206. The number of hydrogen-bond donors (Lipinski definition) is 0. The van der Waals surface area contributed by atoms with Crippen molar-refractivity contribution in [2.75, 3.05) is 38.5 Å². The van der Waals surface area contributed by atoms with Gasteiger partial charge in [-0.05, 0) is 11.8 Å². The zero-order valence-electron chi connectivity index (χ0n) is 11.5. The standard InChI is InChI=1S/C12H23N3O2S/c1-12(2,3)4-11-18(16,17)15-9-7-14(6-5-13)8-10-15/h4,6-11H2,1-3H3. The summed E-state index contributed by atoms with van der Waals surface area (Å²) in [5.41, 5.74) is 0.0374. The molecule has 0 aromatic rings. The van der Waals surface area contributed by atoms with Crippen molar-refractivity contribution in [1.29, 1.82) is 5.26 Å². The van der Waals surface area contributed by atoms with E-state index in [0.29, 0.717) is 39.1 Å². The molecule has 5 nitrogen and oxygen atoms in total. The second-order valence-electron chi connectivity index (χ2n) is 5.96. The number of hydrogen-bond acceptors (Lipinski definition) is 4. The first-order chi connectivity index (χ1) is 8.24. The molecular formula is C12H23N3O2S. The highest BCUT2D eigenvalue weighted by Gasteiger charge is 2.27. The Bertz CT molecular complexity index is 398. The molecule has 1 aliphatic heterocycles. The summed E-state index contributed by atoms with van der Waals surface area (Å²) in [5, 5.41) is 8.59. The van der Waals surface area contributed by atoms with E-state index >= 15 is 0 Å². The average Bonchev–Trinajstić information content (AvgIpc) is 2.27. The molecule has 1 fully saturated rings. The summed E-state index contributed by atoms with van der Waals surface area (Å²) < 4.78 is 25.8. The van der Waals surface area contributed by atoms with Crippen LogP contribution in [0.5, 0.6) is 0 Å². The van der Waals surface area contributed by atoms with Crippen LogP contribution in [-0.2, 0) is 10.0 Å². The largest absolute Gasteiger partial charge is 0.288 e. The van der Waals surface area contributed by atoms with Gasteiger partial charge in [0.2, 0.25) is 10.0 Å². The summed E-state index contributed by atoms with van der Waals surface area (Å²) in [4.78, 5) is 1.98. The Morgan fingerprint density at radius 3 is 2.17 bits per heavy atom. The highest BCUT2D eigenvalue weighted by molar-refractivity contribution is 7.89. The number of sulfonamides is 1. The molecule has 0 saturated carbocycles. The molecule has 6 heteroatoms. The molecule has 0 amide bonds. The van der Waals surface area contributed by atoms with Crippen molar-refractivity contribution in [3.8, 4) is 6.07 Å². The predicted octanol–water partition coefficient (Wildman–Crippen LogP) is 0.894. The van der Waals surface area contributed by atoms with Crippen LogP contribution in [0.15, 0.2) is 0 Å². The summed E-state index contributed by atoms with van der Waals surface area (Å²) in [6.07, 6.45) is 0.674. The Hall–Kier alpha value is -0.640. The van der Waals surface area contributed by atoms with Gasteiger partial charge in [-0.25, -0.2) is 8.42 Å². The topological polar surface area (TPSA) is 64.4 Å². The van der Waals surface area contributed by atoms with Crippen molar-refractivity contribution in [2.45, 2.75) is 27.2 Å².